The van der Waals surface area contributed by atoms with E-state index < -0.39 is 0 Å². The van der Waals surface area contributed by atoms with Crippen LogP contribution in [0.1, 0.15) is 10.4 Å². The molecule has 0 unspecified atom stereocenters. The molecule has 0 amide bonds. The Hall–Kier alpha value is -2.75. The van der Waals surface area contributed by atoms with Gasteiger partial charge < -0.3 is 14.6 Å². The number of carbonyl (C=O) groups excluding carboxylic acids is 1. The Kier molecular flexibility index (Phi) is 3.14. The van der Waals surface area contributed by atoms with Crippen LogP contribution < -0.4 is 9.47 Å². The van der Waals surface area contributed by atoms with Gasteiger partial charge in [-0.2, -0.15) is 0 Å². The van der Waals surface area contributed by atoms with E-state index in [2.05, 4.69) is 0 Å². The predicted octanol–water partition coefficient (Wildman–Crippen LogP) is 3.53. The second-order valence-corrected chi connectivity index (χ2v) is 4.74. The van der Waals surface area contributed by atoms with Crippen molar-refractivity contribution in [2.75, 3.05) is 14.2 Å². The van der Waals surface area contributed by atoms with Gasteiger partial charge in [0.05, 0.1) is 14.2 Å². The number of methoxy groups -OCH3 is 2. The number of phenolic OH excluding ortho intramolecular Hbond substituents is 1. The second-order valence-electron chi connectivity index (χ2n) is 4.74. The number of ether oxygens (including phenoxy) is 2. The molecular formula is C17H14O4. The van der Waals surface area contributed by atoms with Crippen LogP contribution in [0.5, 0.6) is 17.2 Å². The van der Waals surface area contributed by atoms with Crippen LogP contribution in [-0.2, 0) is 0 Å². The van der Waals surface area contributed by atoms with Crippen molar-refractivity contribution in [3.63, 3.8) is 0 Å². The van der Waals surface area contributed by atoms with Gasteiger partial charge in [-0.25, -0.2) is 0 Å². The number of fused-ring (bicyclic) bond motifs is 3. The van der Waals surface area contributed by atoms with Crippen LogP contribution in [0.25, 0.3) is 21.5 Å². The van der Waals surface area contributed by atoms with E-state index in [0.717, 1.165) is 27.8 Å². The molecule has 0 aromatic heterocycles. The van der Waals surface area contributed by atoms with Crippen molar-refractivity contribution < 1.29 is 19.4 Å². The molecule has 3 aromatic carbocycles. The summed E-state index contributed by atoms with van der Waals surface area (Å²) >= 11 is 0. The van der Waals surface area contributed by atoms with Gasteiger partial charge in [0.2, 0.25) is 0 Å². The zero-order valence-electron chi connectivity index (χ0n) is 11.7. The summed E-state index contributed by atoms with van der Waals surface area (Å²) in [6, 6.07) is 10.4. The highest BCUT2D eigenvalue weighted by Crippen LogP contribution is 2.37. The van der Waals surface area contributed by atoms with Crippen molar-refractivity contribution in [3.05, 3.63) is 42.0 Å². The van der Waals surface area contributed by atoms with Gasteiger partial charge in [-0.15, -0.1) is 0 Å². The molecule has 21 heavy (non-hydrogen) atoms. The third-order valence-corrected chi connectivity index (χ3v) is 3.60. The smallest absolute Gasteiger partial charge is 0.161 e. The van der Waals surface area contributed by atoms with Gasteiger partial charge in [-0.05, 0) is 57.9 Å². The molecule has 0 aliphatic carbocycles. The van der Waals surface area contributed by atoms with Gasteiger partial charge in [-0.1, -0.05) is 0 Å². The highest BCUT2D eigenvalue weighted by Gasteiger charge is 2.11. The van der Waals surface area contributed by atoms with E-state index in [9.17, 15) is 9.90 Å². The Labute approximate surface area is 121 Å². The second kappa shape index (κ2) is 4.98. The fourth-order valence-corrected chi connectivity index (χ4v) is 2.60. The summed E-state index contributed by atoms with van der Waals surface area (Å²) in [6.07, 6.45) is 0.815. The van der Waals surface area contributed by atoms with Crippen LogP contribution in [0, 0.1) is 0 Å². The van der Waals surface area contributed by atoms with E-state index in [1.54, 1.807) is 32.4 Å². The zero-order chi connectivity index (χ0) is 15.0. The molecule has 0 fully saturated rings. The summed E-state index contributed by atoms with van der Waals surface area (Å²) in [4.78, 5) is 11.3. The van der Waals surface area contributed by atoms with Crippen LogP contribution in [-0.4, -0.2) is 25.6 Å². The lowest BCUT2D eigenvalue weighted by atomic mass is 9.97. The molecule has 1 N–H and O–H groups in total. The first-order valence-corrected chi connectivity index (χ1v) is 6.44. The molecule has 4 nitrogen and oxygen atoms in total. The molecule has 3 aromatic rings. The van der Waals surface area contributed by atoms with Crippen LogP contribution in [0.4, 0.5) is 0 Å². The van der Waals surface area contributed by atoms with Gasteiger partial charge in [0.15, 0.2) is 17.8 Å². The molecule has 106 valence electrons. The molecule has 0 heterocycles. The monoisotopic (exact) mass is 282 g/mol. The predicted molar refractivity (Wildman–Crippen MR) is 81.6 cm³/mol. The van der Waals surface area contributed by atoms with Crippen LogP contribution in [0.3, 0.4) is 0 Å². The third-order valence-electron chi connectivity index (χ3n) is 3.60. The topological polar surface area (TPSA) is 55.8 Å². The minimum Gasteiger partial charge on any atom is -0.508 e. The molecular weight excluding hydrogens is 268 g/mol. The van der Waals surface area contributed by atoms with E-state index in [0.29, 0.717) is 17.1 Å². The SMILES string of the molecule is COc1cc2cc(C=O)c3ccc(O)cc3c2cc1OC. The van der Waals surface area contributed by atoms with Gasteiger partial charge in [-0.3, -0.25) is 4.79 Å². The van der Waals surface area contributed by atoms with Crippen LogP contribution in [0.15, 0.2) is 36.4 Å². The highest BCUT2D eigenvalue weighted by molar-refractivity contribution is 6.14. The van der Waals surface area contributed by atoms with Crippen molar-refractivity contribution in [1.82, 2.24) is 0 Å². The van der Waals surface area contributed by atoms with Crippen molar-refractivity contribution in [1.29, 1.82) is 0 Å². The third kappa shape index (κ3) is 2.05. The van der Waals surface area contributed by atoms with Crippen LogP contribution >= 0.6 is 0 Å². The van der Waals surface area contributed by atoms with Crippen molar-refractivity contribution in [2.45, 2.75) is 0 Å². The number of aromatic hydroxyl groups is 1. The van der Waals surface area contributed by atoms with E-state index in [1.807, 2.05) is 18.2 Å². The molecule has 0 aliphatic rings. The Balaban J connectivity index is 2.51. The average Bonchev–Trinajstić information content (AvgIpc) is 2.52. The molecule has 0 saturated heterocycles. The zero-order valence-corrected chi connectivity index (χ0v) is 11.7. The minimum absolute atomic E-state index is 0.154. The Morgan fingerprint density at radius 2 is 1.62 bits per heavy atom. The van der Waals surface area contributed by atoms with E-state index >= 15 is 0 Å². The lowest BCUT2D eigenvalue weighted by Crippen LogP contribution is -1.92. The maximum absolute atomic E-state index is 11.3. The van der Waals surface area contributed by atoms with Gasteiger partial charge in [0.25, 0.3) is 0 Å². The van der Waals surface area contributed by atoms with Gasteiger partial charge in [0, 0.05) is 5.56 Å². The summed E-state index contributed by atoms with van der Waals surface area (Å²) in [5.74, 6) is 1.36. The molecule has 0 aliphatic heterocycles. The molecule has 0 radical (unpaired) electrons. The first-order chi connectivity index (χ1) is 10.2. The largest absolute Gasteiger partial charge is 0.508 e. The molecule has 0 spiro atoms. The average molecular weight is 282 g/mol. The summed E-state index contributed by atoms with van der Waals surface area (Å²) in [5, 5.41) is 13.1. The number of rotatable bonds is 3. The molecule has 0 saturated carbocycles. The molecule has 3 rings (SSSR count). The normalized spacial score (nSPS) is 10.8. The number of phenols is 1. The van der Waals surface area contributed by atoms with E-state index in [1.165, 1.54) is 0 Å². The quantitative estimate of drug-likeness (QED) is 0.590. The maximum Gasteiger partial charge on any atom is 0.161 e. The van der Waals surface area contributed by atoms with Gasteiger partial charge in [0.1, 0.15) is 5.75 Å². The lowest BCUT2D eigenvalue weighted by molar-refractivity contribution is 0.112. The first-order valence-electron chi connectivity index (χ1n) is 6.44. The number of carbonyl (C=O) groups is 1. The van der Waals surface area contributed by atoms with Crippen LogP contribution in [0.2, 0.25) is 0 Å². The fourth-order valence-electron chi connectivity index (χ4n) is 2.60. The van der Waals surface area contributed by atoms with E-state index in [-0.39, 0.29) is 5.75 Å². The van der Waals surface area contributed by atoms with Crippen molar-refractivity contribution in [3.8, 4) is 17.2 Å². The number of hydrogen-bond donors (Lipinski definition) is 1. The number of benzene rings is 3. The van der Waals surface area contributed by atoms with Crippen molar-refractivity contribution >= 4 is 27.8 Å². The molecule has 4 heteroatoms. The number of hydrogen-bond acceptors (Lipinski definition) is 4. The van der Waals surface area contributed by atoms with E-state index in [4.69, 9.17) is 9.47 Å². The number of aldehydes is 1. The molecule has 0 atom stereocenters. The summed E-state index contributed by atoms with van der Waals surface area (Å²) in [7, 11) is 3.14. The maximum atomic E-state index is 11.3. The fraction of sp³-hybridized carbons (Fsp3) is 0.118. The minimum atomic E-state index is 0.154. The molecule has 0 bridgehead atoms. The summed E-state index contributed by atoms with van der Waals surface area (Å²) in [5.41, 5.74) is 0.574. The summed E-state index contributed by atoms with van der Waals surface area (Å²) in [6.45, 7) is 0. The Morgan fingerprint density at radius 1 is 0.905 bits per heavy atom. The Morgan fingerprint density at radius 3 is 2.29 bits per heavy atom. The first kappa shape index (κ1) is 13.2. The van der Waals surface area contributed by atoms with Crippen molar-refractivity contribution in [2.24, 2.45) is 0 Å². The summed E-state index contributed by atoms with van der Waals surface area (Å²) < 4.78 is 10.6. The standard InChI is InChI=1S/C17H14O4/c1-20-16-6-10-5-11(9-18)13-4-3-12(19)7-15(13)14(10)8-17(16)21-2/h3-9,19H,1-2H3. The lowest BCUT2D eigenvalue weighted by Gasteiger charge is -2.12. The highest BCUT2D eigenvalue weighted by atomic mass is 16.5. The van der Waals surface area contributed by atoms with Gasteiger partial charge >= 0.3 is 0 Å². The Bertz CT molecular complexity index is 852.